The van der Waals surface area contributed by atoms with Gasteiger partial charge in [-0.15, -0.1) is 0 Å². The zero-order valence-electron chi connectivity index (χ0n) is 13.0. The van der Waals surface area contributed by atoms with Crippen LogP contribution in [0.5, 0.6) is 5.75 Å². The molecule has 0 aliphatic rings. The summed E-state index contributed by atoms with van der Waals surface area (Å²) in [5, 5.41) is 6.40. The molecule has 0 saturated carbocycles. The topological polar surface area (TPSA) is 34.1 Å². The van der Waals surface area contributed by atoms with Gasteiger partial charge in [-0.2, -0.15) is 0 Å². The highest BCUT2D eigenvalue weighted by Crippen LogP contribution is 2.34. The molecule has 1 heterocycles. The zero-order chi connectivity index (χ0) is 15.7. The summed E-state index contributed by atoms with van der Waals surface area (Å²) in [7, 11) is 1.68. The second kappa shape index (κ2) is 6.01. The standard InChI is InChI=1S/C18H19ClN2O/c1-11(2)10-20-18-14-6-4-12(19)8-17(14)21-16-7-5-13(22-3)9-15(16)18/h4-9,11H,10H2,1-3H3,(H,20,21). The largest absolute Gasteiger partial charge is 0.497 e. The summed E-state index contributed by atoms with van der Waals surface area (Å²) < 4.78 is 5.36. The fourth-order valence-electron chi connectivity index (χ4n) is 2.52. The number of benzene rings is 2. The normalized spacial score (nSPS) is 11.3. The summed E-state index contributed by atoms with van der Waals surface area (Å²) in [6, 6.07) is 11.8. The van der Waals surface area contributed by atoms with E-state index in [0.717, 1.165) is 39.8 Å². The molecule has 114 valence electrons. The molecular weight excluding hydrogens is 296 g/mol. The number of hydrogen-bond acceptors (Lipinski definition) is 3. The number of rotatable bonds is 4. The molecule has 1 aromatic heterocycles. The van der Waals surface area contributed by atoms with Crippen molar-refractivity contribution in [2.45, 2.75) is 13.8 Å². The van der Waals surface area contributed by atoms with Crippen LogP contribution in [0.1, 0.15) is 13.8 Å². The van der Waals surface area contributed by atoms with Crippen LogP contribution >= 0.6 is 11.6 Å². The molecule has 22 heavy (non-hydrogen) atoms. The average molecular weight is 315 g/mol. The van der Waals surface area contributed by atoms with Crippen molar-refractivity contribution in [3.8, 4) is 5.75 Å². The van der Waals surface area contributed by atoms with E-state index in [1.165, 1.54) is 0 Å². The van der Waals surface area contributed by atoms with Gasteiger partial charge in [-0.1, -0.05) is 25.4 Å². The minimum Gasteiger partial charge on any atom is -0.497 e. The molecule has 3 aromatic rings. The van der Waals surface area contributed by atoms with Gasteiger partial charge in [0.1, 0.15) is 5.75 Å². The number of methoxy groups -OCH3 is 1. The van der Waals surface area contributed by atoms with Crippen molar-refractivity contribution in [1.82, 2.24) is 4.98 Å². The molecule has 0 atom stereocenters. The van der Waals surface area contributed by atoms with Gasteiger partial charge < -0.3 is 10.1 Å². The van der Waals surface area contributed by atoms with E-state index in [4.69, 9.17) is 21.3 Å². The Kier molecular flexibility index (Phi) is 4.08. The maximum absolute atomic E-state index is 6.12. The van der Waals surface area contributed by atoms with Crippen LogP contribution in [0, 0.1) is 5.92 Å². The van der Waals surface area contributed by atoms with Gasteiger partial charge >= 0.3 is 0 Å². The number of halogens is 1. The fourth-order valence-corrected chi connectivity index (χ4v) is 2.69. The van der Waals surface area contributed by atoms with E-state index in [2.05, 4.69) is 19.2 Å². The summed E-state index contributed by atoms with van der Waals surface area (Å²) in [5.74, 6) is 1.38. The molecule has 0 aliphatic heterocycles. The molecule has 0 saturated heterocycles. The third kappa shape index (κ3) is 2.81. The van der Waals surface area contributed by atoms with Crippen molar-refractivity contribution in [1.29, 1.82) is 0 Å². The van der Waals surface area contributed by atoms with Crippen LogP contribution in [0.3, 0.4) is 0 Å². The minimum absolute atomic E-state index is 0.552. The predicted molar refractivity (Wildman–Crippen MR) is 94.1 cm³/mol. The van der Waals surface area contributed by atoms with Gasteiger partial charge in [-0.25, -0.2) is 4.98 Å². The van der Waals surface area contributed by atoms with Crippen LogP contribution in [0.2, 0.25) is 5.02 Å². The highest BCUT2D eigenvalue weighted by atomic mass is 35.5. The van der Waals surface area contributed by atoms with E-state index >= 15 is 0 Å². The van der Waals surface area contributed by atoms with Crippen molar-refractivity contribution in [3.05, 3.63) is 41.4 Å². The van der Waals surface area contributed by atoms with Gasteiger partial charge in [0.15, 0.2) is 0 Å². The number of nitrogens with zero attached hydrogens (tertiary/aromatic N) is 1. The first-order valence-corrected chi connectivity index (χ1v) is 7.77. The van der Waals surface area contributed by atoms with E-state index in [1.807, 2.05) is 36.4 Å². The Balaban J connectivity index is 2.29. The van der Waals surface area contributed by atoms with E-state index in [9.17, 15) is 0 Å². The first-order chi connectivity index (χ1) is 10.6. The van der Waals surface area contributed by atoms with Gasteiger partial charge in [0, 0.05) is 22.3 Å². The first-order valence-electron chi connectivity index (χ1n) is 7.39. The molecule has 4 heteroatoms. The smallest absolute Gasteiger partial charge is 0.119 e. The van der Waals surface area contributed by atoms with Gasteiger partial charge in [-0.3, -0.25) is 0 Å². The summed E-state index contributed by atoms with van der Waals surface area (Å²) in [6.45, 7) is 5.28. The lowest BCUT2D eigenvalue weighted by Gasteiger charge is -2.15. The zero-order valence-corrected chi connectivity index (χ0v) is 13.7. The number of ether oxygens (including phenoxy) is 1. The van der Waals surface area contributed by atoms with Gasteiger partial charge in [0.05, 0.1) is 23.8 Å². The third-order valence-corrected chi connectivity index (χ3v) is 3.87. The highest BCUT2D eigenvalue weighted by Gasteiger charge is 2.11. The van der Waals surface area contributed by atoms with Crippen LogP contribution in [0.25, 0.3) is 21.8 Å². The molecule has 0 unspecified atom stereocenters. The van der Waals surface area contributed by atoms with Crippen molar-refractivity contribution >= 4 is 39.1 Å². The summed E-state index contributed by atoms with van der Waals surface area (Å²) >= 11 is 6.12. The molecular formula is C18H19ClN2O. The SMILES string of the molecule is COc1ccc2nc3cc(Cl)ccc3c(NCC(C)C)c2c1. The number of anilines is 1. The van der Waals surface area contributed by atoms with Crippen molar-refractivity contribution in [2.24, 2.45) is 5.92 Å². The Labute approximate surface area is 135 Å². The second-order valence-electron chi connectivity index (χ2n) is 5.81. The summed E-state index contributed by atoms with van der Waals surface area (Å²) in [6.07, 6.45) is 0. The van der Waals surface area contributed by atoms with E-state index in [1.54, 1.807) is 7.11 Å². The summed E-state index contributed by atoms with van der Waals surface area (Å²) in [4.78, 5) is 4.72. The lowest BCUT2D eigenvalue weighted by atomic mass is 10.1. The average Bonchev–Trinajstić information content (AvgIpc) is 2.50. The van der Waals surface area contributed by atoms with Crippen LogP contribution in [-0.4, -0.2) is 18.6 Å². The number of aromatic nitrogens is 1. The van der Waals surface area contributed by atoms with Crippen LogP contribution in [-0.2, 0) is 0 Å². The van der Waals surface area contributed by atoms with Gasteiger partial charge in [0.2, 0.25) is 0 Å². The van der Waals surface area contributed by atoms with Crippen LogP contribution in [0.15, 0.2) is 36.4 Å². The van der Waals surface area contributed by atoms with Crippen molar-refractivity contribution in [3.63, 3.8) is 0 Å². The number of hydrogen-bond donors (Lipinski definition) is 1. The molecule has 0 radical (unpaired) electrons. The minimum atomic E-state index is 0.552. The molecule has 0 amide bonds. The lowest BCUT2D eigenvalue weighted by molar-refractivity contribution is 0.415. The molecule has 0 fully saturated rings. The van der Waals surface area contributed by atoms with Crippen molar-refractivity contribution in [2.75, 3.05) is 19.0 Å². The number of nitrogens with one attached hydrogen (secondary N) is 1. The fraction of sp³-hybridized carbons (Fsp3) is 0.278. The number of pyridine rings is 1. The van der Waals surface area contributed by atoms with E-state index < -0.39 is 0 Å². The van der Waals surface area contributed by atoms with Crippen LogP contribution in [0.4, 0.5) is 5.69 Å². The molecule has 1 N–H and O–H groups in total. The van der Waals surface area contributed by atoms with Crippen molar-refractivity contribution < 1.29 is 4.74 Å². The van der Waals surface area contributed by atoms with Crippen LogP contribution < -0.4 is 10.1 Å². The Morgan fingerprint density at radius 1 is 1.09 bits per heavy atom. The monoisotopic (exact) mass is 314 g/mol. The Bertz CT molecular complexity index is 830. The van der Waals surface area contributed by atoms with Gasteiger partial charge in [-0.05, 0) is 42.3 Å². The lowest BCUT2D eigenvalue weighted by Crippen LogP contribution is -2.09. The maximum atomic E-state index is 6.12. The van der Waals surface area contributed by atoms with E-state index in [-0.39, 0.29) is 0 Å². The Hall–Kier alpha value is -2.00. The molecule has 3 nitrogen and oxygen atoms in total. The molecule has 0 bridgehead atoms. The number of fused-ring (bicyclic) bond motifs is 2. The third-order valence-electron chi connectivity index (χ3n) is 3.63. The highest BCUT2D eigenvalue weighted by molar-refractivity contribution is 6.31. The summed E-state index contributed by atoms with van der Waals surface area (Å²) in [5.41, 5.74) is 2.92. The Morgan fingerprint density at radius 2 is 1.91 bits per heavy atom. The quantitative estimate of drug-likeness (QED) is 0.679. The predicted octanol–water partition coefficient (Wildman–Crippen LogP) is 5.12. The first kappa shape index (κ1) is 14.9. The molecule has 2 aromatic carbocycles. The Morgan fingerprint density at radius 3 is 2.64 bits per heavy atom. The molecule has 0 aliphatic carbocycles. The molecule has 3 rings (SSSR count). The van der Waals surface area contributed by atoms with Gasteiger partial charge in [0.25, 0.3) is 0 Å². The maximum Gasteiger partial charge on any atom is 0.119 e. The molecule has 0 spiro atoms. The van der Waals surface area contributed by atoms with E-state index in [0.29, 0.717) is 10.9 Å². The second-order valence-corrected chi connectivity index (χ2v) is 6.24.